The van der Waals surface area contributed by atoms with E-state index in [4.69, 9.17) is 26.2 Å². The average Bonchev–Trinajstić information content (AvgIpc) is 2.29. The molecule has 0 fully saturated rings. The van der Waals surface area contributed by atoms with Crippen LogP contribution in [-0.4, -0.2) is 31.4 Å². The van der Waals surface area contributed by atoms with Gasteiger partial charge in [0, 0.05) is 18.7 Å². The van der Waals surface area contributed by atoms with Gasteiger partial charge in [-0.05, 0) is 12.1 Å². The maximum atomic E-state index is 10.4. The van der Waals surface area contributed by atoms with Crippen molar-refractivity contribution in [3.63, 3.8) is 0 Å². The van der Waals surface area contributed by atoms with E-state index >= 15 is 0 Å². The number of carboxylic acid groups (broad SMARTS) is 1. The number of benzene rings is 1. The zero-order valence-corrected chi connectivity index (χ0v) is 10.1. The van der Waals surface area contributed by atoms with Crippen molar-refractivity contribution in [1.29, 1.82) is 0 Å². The molecular weight excluding hydrogens is 244 g/mol. The molecule has 0 aliphatic carbocycles. The van der Waals surface area contributed by atoms with Gasteiger partial charge in [-0.1, -0.05) is 23.7 Å². The van der Waals surface area contributed by atoms with Gasteiger partial charge in [0.1, 0.15) is 12.4 Å². The van der Waals surface area contributed by atoms with Crippen LogP contribution in [0.15, 0.2) is 24.3 Å². The third-order valence-electron chi connectivity index (χ3n) is 1.94. The molecule has 0 aliphatic rings. The van der Waals surface area contributed by atoms with Crippen molar-refractivity contribution >= 4 is 23.6 Å². The number of carbonyl (C=O) groups is 1. The molecule has 0 amide bonds. The van der Waals surface area contributed by atoms with Gasteiger partial charge in [0.2, 0.25) is 0 Å². The van der Waals surface area contributed by atoms with E-state index in [9.17, 15) is 4.79 Å². The van der Waals surface area contributed by atoms with Gasteiger partial charge in [0.25, 0.3) is 0 Å². The highest BCUT2D eigenvalue weighted by atomic mass is 35.5. The fourth-order valence-electron chi connectivity index (χ4n) is 1.20. The molecule has 0 unspecified atom stereocenters. The molecule has 1 aromatic carbocycles. The predicted octanol–water partition coefficient (Wildman–Crippen LogP) is 2.46. The number of hydrogen-bond acceptors (Lipinski definition) is 3. The van der Waals surface area contributed by atoms with Crippen molar-refractivity contribution < 1.29 is 19.4 Å². The lowest BCUT2D eigenvalue weighted by Crippen LogP contribution is -2.05. The number of rotatable bonds is 6. The van der Waals surface area contributed by atoms with Gasteiger partial charge in [0.05, 0.1) is 11.6 Å². The van der Waals surface area contributed by atoms with E-state index in [2.05, 4.69) is 0 Å². The van der Waals surface area contributed by atoms with E-state index in [-0.39, 0.29) is 0 Å². The van der Waals surface area contributed by atoms with Gasteiger partial charge in [0.15, 0.2) is 0 Å². The summed E-state index contributed by atoms with van der Waals surface area (Å²) in [7, 11) is 1.57. The summed E-state index contributed by atoms with van der Waals surface area (Å²) in [5.74, 6) is -0.559. The zero-order valence-electron chi connectivity index (χ0n) is 9.35. The Bertz CT molecular complexity index is 415. The second-order valence-electron chi connectivity index (χ2n) is 3.17. The van der Waals surface area contributed by atoms with E-state index in [0.29, 0.717) is 29.5 Å². The summed E-state index contributed by atoms with van der Waals surface area (Å²) in [5.41, 5.74) is 0.621. The molecule has 0 saturated carbocycles. The third kappa shape index (κ3) is 4.46. The van der Waals surface area contributed by atoms with Crippen LogP contribution in [0.2, 0.25) is 5.02 Å². The molecule has 1 aromatic rings. The smallest absolute Gasteiger partial charge is 0.328 e. The fourth-order valence-corrected chi connectivity index (χ4v) is 1.43. The Balaban J connectivity index is 2.87. The number of ether oxygens (including phenoxy) is 2. The highest BCUT2D eigenvalue weighted by Gasteiger charge is 2.06. The largest absolute Gasteiger partial charge is 0.489 e. The molecule has 0 bridgehead atoms. The molecule has 4 nitrogen and oxygen atoms in total. The molecule has 0 aliphatic heterocycles. The summed E-state index contributed by atoms with van der Waals surface area (Å²) in [6, 6.07) is 5.14. The Morgan fingerprint density at radius 3 is 2.88 bits per heavy atom. The fraction of sp³-hybridized carbons (Fsp3) is 0.250. The first-order valence-corrected chi connectivity index (χ1v) is 5.34. The van der Waals surface area contributed by atoms with Gasteiger partial charge in [-0.3, -0.25) is 0 Å². The minimum Gasteiger partial charge on any atom is -0.489 e. The minimum atomic E-state index is -1.02. The van der Waals surface area contributed by atoms with Crippen molar-refractivity contribution in [3.05, 3.63) is 34.9 Å². The number of hydrogen-bond donors (Lipinski definition) is 1. The number of methoxy groups -OCH3 is 1. The Morgan fingerprint density at radius 1 is 1.47 bits per heavy atom. The lowest BCUT2D eigenvalue weighted by atomic mass is 10.2. The second kappa shape index (κ2) is 6.93. The maximum Gasteiger partial charge on any atom is 0.328 e. The summed E-state index contributed by atoms with van der Waals surface area (Å²) in [6.45, 7) is 0.793. The van der Waals surface area contributed by atoms with Crippen LogP contribution in [0.3, 0.4) is 0 Å². The van der Waals surface area contributed by atoms with Crippen LogP contribution in [-0.2, 0) is 9.53 Å². The van der Waals surface area contributed by atoms with Crippen LogP contribution in [0.25, 0.3) is 6.08 Å². The highest BCUT2D eigenvalue weighted by Crippen LogP contribution is 2.29. The van der Waals surface area contributed by atoms with Crippen molar-refractivity contribution in [2.24, 2.45) is 0 Å². The van der Waals surface area contributed by atoms with Crippen molar-refractivity contribution in [2.45, 2.75) is 0 Å². The molecule has 0 aromatic heterocycles. The molecule has 0 atom stereocenters. The van der Waals surface area contributed by atoms with Crippen LogP contribution < -0.4 is 4.74 Å². The zero-order chi connectivity index (χ0) is 12.7. The van der Waals surface area contributed by atoms with Crippen LogP contribution in [0.4, 0.5) is 0 Å². The monoisotopic (exact) mass is 256 g/mol. The highest BCUT2D eigenvalue weighted by molar-refractivity contribution is 6.32. The van der Waals surface area contributed by atoms with Gasteiger partial charge in [-0.25, -0.2) is 4.79 Å². The number of halogens is 1. The Labute approximate surface area is 104 Å². The summed E-state index contributed by atoms with van der Waals surface area (Å²) in [4.78, 5) is 10.4. The topological polar surface area (TPSA) is 55.8 Å². The lowest BCUT2D eigenvalue weighted by molar-refractivity contribution is -0.131. The molecule has 0 spiro atoms. The summed E-state index contributed by atoms with van der Waals surface area (Å²) in [6.07, 6.45) is 2.48. The van der Waals surface area contributed by atoms with E-state index in [1.165, 1.54) is 6.08 Å². The first-order valence-electron chi connectivity index (χ1n) is 4.96. The van der Waals surface area contributed by atoms with E-state index in [1.54, 1.807) is 25.3 Å². The third-order valence-corrected chi connectivity index (χ3v) is 2.23. The second-order valence-corrected chi connectivity index (χ2v) is 3.58. The van der Waals surface area contributed by atoms with Crippen molar-refractivity contribution in [3.8, 4) is 5.75 Å². The molecule has 1 rings (SSSR count). The maximum absolute atomic E-state index is 10.4. The Kier molecular flexibility index (Phi) is 5.52. The minimum absolute atomic E-state index is 0.355. The van der Waals surface area contributed by atoms with Gasteiger partial charge in [-0.2, -0.15) is 0 Å². The first kappa shape index (κ1) is 13.5. The molecule has 92 valence electrons. The van der Waals surface area contributed by atoms with E-state index in [1.807, 2.05) is 0 Å². The Morgan fingerprint density at radius 2 is 2.24 bits per heavy atom. The molecule has 0 heterocycles. The van der Waals surface area contributed by atoms with Gasteiger partial charge < -0.3 is 14.6 Å². The first-order chi connectivity index (χ1) is 8.15. The van der Waals surface area contributed by atoms with Crippen molar-refractivity contribution in [1.82, 2.24) is 0 Å². The normalized spacial score (nSPS) is 10.7. The number of para-hydroxylation sites is 1. The number of carboxylic acids is 1. The lowest BCUT2D eigenvalue weighted by Gasteiger charge is -2.10. The summed E-state index contributed by atoms with van der Waals surface area (Å²) < 4.78 is 10.3. The predicted molar refractivity (Wildman–Crippen MR) is 65.5 cm³/mol. The molecule has 0 saturated heterocycles. The SMILES string of the molecule is COCCOc1c(Cl)cccc1/C=C/C(=O)O. The van der Waals surface area contributed by atoms with Gasteiger partial charge >= 0.3 is 5.97 Å². The molecule has 1 N–H and O–H groups in total. The summed E-state index contributed by atoms with van der Waals surface area (Å²) >= 11 is 5.98. The van der Waals surface area contributed by atoms with Gasteiger partial charge in [-0.15, -0.1) is 0 Å². The summed E-state index contributed by atoms with van der Waals surface area (Å²) in [5, 5.41) is 9.01. The quantitative estimate of drug-likeness (QED) is 0.627. The molecular formula is C12H13ClO4. The average molecular weight is 257 g/mol. The number of aliphatic carboxylic acids is 1. The van der Waals surface area contributed by atoms with Crippen LogP contribution >= 0.6 is 11.6 Å². The van der Waals surface area contributed by atoms with E-state index in [0.717, 1.165) is 6.08 Å². The van der Waals surface area contributed by atoms with Crippen LogP contribution in [0, 0.1) is 0 Å². The molecule has 0 radical (unpaired) electrons. The van der Waals surface area contributed by atoms with Crippen molar-refractivity contribution in [2.75, 3.05) is 20.3 Å². The standard InChI is InChI=1S/C12H13ClO4/c1-16-7-8-17-12-9(5-6-11(14)15)3-2-4-10(12)13/h2-6H,7-8H2,1H3,(H,14,15)/b6-5+. The van der Waals surface area contributed by atoms with Crippen LogP contribution in [0.1, 0.15) is 5.56 Å². The van der Waals surface area contributed by atoms with E-state index < -0.39 is 5.97 Å². The molecule has 5 heteroatoms. The Hall–Kier alpha value is -1.52. The van der Waals surface area contributed by atoms with Crippen LogP contribution in [0.5, 0.6) is 5.75 Å². The molecule has 17 heavy (non-hydrogen) atoms.